The molecule has 0 radical (unpaired) electrons. The quantitative estimate of drug-likeness (QED) is 0.547. The molecule has 1 unspecified atom stereocenters. The molecular formula is C13H21N5O. The van der Waals surface area contributed by atoms with Gasteiger partial charge in [0.05, 0.1) is 11.3 Å². The minimum atomic E-state index is -0.139. The maximum absolute atomic E-state index is 12.1. The van der Waals surface area contributed by atoms with Crippen LogP contribution in [0, 0.1) is 0 Å². The molecule has 1 saturated heterocycles. The first kappa shape index (κ1) is 13.8. The second kappa shape index (κ2) is 6.49. The van der Waals surface area contributed by atoms with E-state index in [9.17, 15) is 4.79 Å². The maximum Gasteiger partial charge on any atom is 0.255 e. The fourth-order valence-electron chi connectivity index (χ4n) is 2.41. The Morgan fingerprint density at radius 3 is 3.16 bits per heavy atom. The Morgan fingerprint density at radius 2 is 2.42 bits per heavy atom. The number of piperidine rings is 1. The lowest BCUT2D eigenvalue weighted by molar-refractivity contribution is 0.0929. The molecular weight excluding hydrogens is 242 g/mol. The van der Waals surface area contributed by atoms with Crippen molar-refractivity contribution in [2.45, 2.75) is 25.3 Å². The number of nitrogens with zero attached hydrogens (tertiary/aromatic N) is 2. The summed E-state index contributed by atoms with van der Waals surface area (Å²) in [6.45, 7) is 1.76. The number of aromatic nitrogens is 1. The SMILES string of the molecule is CN1CCCCC1CNC(=O)c1cnccc1NN. The number of nitrogen functional groups attached to an aromatic ring is 1. The zero-order chi connectivity index (χ0) is 13.7. The van der Waals surface area contributed by atoms with E-state index in [0.717, 1.165) is 13.0 Å². The van der Waals surface area contributed by atoms with E-state index in [0.29, 0.717) is 23.8 Å². The van der Waals surface area contributed by atoms with E-state index in [2.05, 4.69) is 27.7 Å². The summed E-state index contributed by atoms with van der Waals surface area (Å²) < 4.78 is 0. The van der Waals surface area contributed by atoms with Crippen LogP contribution in [0.2, 0.25) is 0 Å². The van der Waals surface area contributed by atoms with Gasteiger partial charge < -0.3 is 15.6 Å². The molecule has 1 amide bonds. The van der Waals surface area contributed by atoms with Crippen LogP contribution < -0.4 is 16.6 Å². The van der Waals surface area contributed by atoms with Gasteiger partial charge in [0.15, 0.2) is 0 Å². The molecule has 0 spiro atoms. The van der Waals surface area contributed by atoms with Crippen LogP contribution in [0.25, 0.3) is 0 Å². The third-order valence-electron chi connectivity index (χ3n) is 3.64. The van der Waals surface area contributed by atoms with Gasteiger partial charge in [0, 0.05) is 25.0 Å². The van der Waals surface area contributed by atoms with E-state index >= 15 is 0 Å². The van der Waals surface area contributed by atoms with E-state index in [-0.39, 0.29) is 5.91 Å². The van der Waals surface area contributed by atoms with Crippen LogP contribution >= 0.6 is 0 Å². The molecule has 6 nitrogen and oxygen atoms in total. The van der Waals surface area contributed by atoms with E-state index in [1.807, 2.05) is 0 Å². The van der Waals surface area contributed by atoms with Crippen molar-refractivity contribution in [3.63, 3.8) is 0 Å². The smallest absolute Gasteiger partial charge is 0.255 e. The molecule has 2 heterocycles. The van der Waals surface area contributed by atoms with Crippen molar-refractivity contribution < 1.29 is 4.79 Å². The Labute approximate surface area is 113 Å². The van der Waals surface area contributed by atoms with Crippen LogP contribution in [0.1, 0.15) is 29.6 Å². The van der Waals surface area contributed by atoms with Gasteiger partial charge in [-0.2, -0.15) is 0 Å². The number of rotatable bonds is 4. The topological polar surface area (TPSA) is 83.3 Å². The van der Waals surface area contributed by atoms with Gasteiger partial charge in [0.2, 0.25) is 0 Å². The zero-order valence-electron chi connectivity index (χ0n) is 11.2. The number of carbonyl (C=O) groups is 1. The first-order chi connectivity index (χ1) is 9.22. The van der Waals surface area contributed by atoms with E-state index in [1.54, 1.807) is 12.3 Å². The molecule has 4 N–H and O–H groups in total. The summed E-state index contributed by atoms with van der Waals surface area (Å²) in [5, 5.41) is 2.96. The molecule has 1 aliphatic heterocycles. The Bertz CT molecular complexity index is 437. The summed E-state index contributed by atoms with van der Waals surface area (Å²) >= 11 is 0. The van der Waals surface area contributed by atoms with Crippen molar-refractivity contribution in [2.75, 3.05) is 25.6 Å². The molecule has 2 rings (SSSR count). The second-order valence-corrected chi connectivity index (χ2v) is 4.91. The van der Waals surface area contributed by atoms with Crippen LogP contribution in [0.4, 0.5) is 5.69 Å². The number of amides is 1. The van der Waals surface area contributed by atoms with E-state index in [1.165, 1.54) is 19.0 Å². The summed E-state index contributed by atoms with van der Waals surface area (Å²) in [6, 6.07) is 2.10. The van der Waals surface area contributed by atoms with Crippen molar-refractivity contribution in [3.05, 3.63) is 24.0 Å². The molecule has 19 heavy (non-hydrogen) atoms. The molecule has 1 aromatic heterocycles. The van der Waals surface area contributed by atoms with Gasteiger partial charge in [-0.05, 0) is 32.5 Å². The minimum absolute atomic E-state index is 0.139. The number of hydrogen-bond donors (Lipinski definition) is 3. The predicted octanol–water partition coefficient (Wildman–Crippen LogP) is 0.581. The molecule has 6 heteroatoms. The predicted molar refractivity (Wildman–Crippen MR) is 74.6 cm³/mol. The Morgan fingerprint density at radius 1 is 1.58 bits per heavy atom. The maximum atomic E-state index is 12.1. The van der Waals surface area contributed by atoms with Crippen molar-refractivity contribution in [3.8, 4) is 0 Å². The number of likely N-dealkylation sites (tertiary alicyclic amines) is 1. The number of hydrazine groups is 1. The Kier molecular flexibility index (Phi) is 4.70. The highest BCUT2D eigenvalue weighted by Crippen LogP contribution is 2.15. The minimum Gasteiger partial charge on any atom is -0.350 e. The van der Waals surface area contributed by atoms with Gasteiger partial charge >= 0.3 is 0 Å². The number of carbonyl (C=O) groups excluding carboxylic acids is 1. The largest absolute Gasteiger partial charge is 0.350 e. The number of nitrogens with two attached hydrogens (primary N) is 1. The second-order valence-electron chi connectivity index (χ2n) is 4.91. The highest BCUT2D eigenvalue weighted by molar-refractivity contribution is 5.99. The van der Waals surface area contributed by atoms with E-state index < -0.39 is 0 Å². The molecule has 1 fully saturated rings. The average molecular weight is 263 g/mol. The van der Waals surface area contributed by atoms with Gasteiger partial charge in [-0.25, -0.2) is 0 Å². The monoisotopic (exact) mass is 263 g/mol. The fourth-order valence-corrected chi connectivity index (χ4v) is 2.41. The third-order valence-corrected chi connectivity index (χ3v) is 3.64. The number of hydrogen-bond acceptors (Lipinski definition) is 5. The molecule has 1 aliphatic rings. The van der Waals surface area contributed by atoms with Gasteiger partial charge in [-0.1, -0.05) is 6.42 Å². The van der Waals surface area contributed by atoms with Gasteiger partial charge in [0.25, 0.3) is 5.91 Å². The lowest BCUT2D eigenvalue weighted by Gasteiger charge is -2.32. The number of pyridine rings is 1. The summed E-state index contributed by atoms with van der Waals surface area (Å²) in [5.41, 5.74) is 3.57. The zero-order valence-corrected chi connectivity index (χ0v) is 11.2. The van der Waals surface area contributed by atoms with E-state index in [4.69, 9.17) is 5.84 Å². The lowest BCUT2D eigenvalue weighted by Crippen LogP contribution is -2.44. The number of anilines is 1. The fraction of sp³-hybridized carbons (Fsp3) is 0.538. The van der Waals surface area contributed by atoms with Crippen molar-refractivity contribution >= 4 is 11.6 Å². The van der Waals surface area contributed by atoms with Crippen LogP contribution in [0.3, 0.4) is 0 Å². The highest BCUT2D eigenvalue weighted by atomic mass is 16.1. The average Bonchev–Trinajstić information content (AvgIpc) is 2.46. The van der Waals surface area contributed by atoms with Crippen LogP contribution in [-0.2, 0) is 0 Å². The molecule has 1 aromatic rings. The Balaban J connectivity index is 1.93. The number of nitrogens with one attached hydrogen (secondary N) is 2. The molecule has 0 aliphatic carbocycles. The molecule has 104 valence electrons. The van der Waals surface area contributed by atoms with Gasteiger partial charge in [-0.3, -0.25) is 15.6 Å². The molecule has 1 atom stereocenters. The van der Waals surface area contributed by atoms with Crippen LogP contribution in [-0.4, -0.2) is 42.0 Å². The van der Waals surface area contributed by atoms with Gasteiger partial charge in [-0.15, -0.1) is 0 Å². The van der Waals surface area contributed by atoms with Crippen molar-refractivity contribution in [2.24, 2.45) is 5.84 Å². The lowest BCUT2D eigenvalue weighted by atomic mass is 10.0. The Hall–Kier alpha value is -1.66. The molecule has 0 aromatic carbocycles. The first-order valence-electron chi connectivity index (χ1n) is 6.61. The number of likely N-dealkylation sites (N-methyl/N-ethyl adjacent to an activating group) is 1. The van der Waals surface area contributed by atoms with Crippen LogP contribution in [0.15, 0.2) is 18.5 Å². The third kappa shape index (κ3) is 3.42. The van der Waals surface area contributed by atoms with Crippen molar-refractivity contribution in [1.29, 1.82) is 0 Å². The summed E-state index contributed by atoms with van der Waals surface area (Å²) in [5.74, 6) is 5.24. The standard InChI is InChI=1S/C13H21N5O/c1-18-7-3-2-4-10(18)8-16-13(19)11-9-15-6-5-12(11)17-14/h5-6,9-10H,2-4,7-8,14H2,1H3,(H,15,17)(H,16,19). The van der Waals surface area contributed by atoms with Crippen LogP contribution in [0.5, 0.6) is 0 Å². The summed E-state index contributed by atoms with van der Waals surface area (Å²) in [7, 11) is 2.10. The highest BCUT2D eigenvalue weighted by Gasteiger charge is 2.20. The summed E-state index contributed by atoms with van der Waals surface area (Å²) in [4.78, 5) is 18.4. The molecule has 0 bridgehead atoms. The molecule has 0 saturated carbocycles. The normalized spacial score (nSPS) is 20.0. The van der Waals surface area contributed by atoms with Gasteiger partial charge in [0.1, 0.15) is 0 Å². The summed E-state index contributed by atoms with van der Waals surface area (Å²) in [6.07, 6.45) is 6.72. The van der Waals surface area contributed by atoms with Crippen molar-refractivity contribution in [1.82, 2.24) is 15.2 Å². The first-order valence-corrected chi connectivity index (χ1v) is 6.61.